The quantitative estimate of drug-likeness (QED) is 0.504. The van der Waals surface area contributed by atoms with E-state index >= 15 is 0 Å². The number of hydrogen-bond acceptors (Lipinski definition) is 2. The van der Waals surface area contributed by atoms with Gasteiger partial charge >= 0.3 is 19.7 Å². The lowest BCUT2D eigenvalue weighted by molar-refractivity contribution is -0.112. The van der Waals surface area contributed by atoms with Crippen LogP contribution in [0.2, 0.25) is 0 Å². The molecule has 0 saturated heterocycles. The van der Waals surface area contributed by atoms with Crippen LogP contribution in [0.1, 0.15) is 27.7 Å². The first kappa shape index (κ1) is 18.7. The van der Waals surface area contributed by atoms with E-state index in [4.69, 9.17) is 0 Å². The van der Waals surface area contributed by atoms with Gasteiger partial charge in [-0.2, -0.15) is 0 Å². The lowest BCUT2D eigenvalue weighted by atomic mass is 10.4. The zero-order chi connectivity index (χ0) is 15.5. The molecular weight excluding hydrogens is 294 g/mol. The molecule has 0 radical (unpaired) electrons. The SMILES string of the molecule is CCO[Si](OCC)(C(F)(F)C(C)F)C(F)(F)C(C)F. The van der Waals surface area contributed by atoms with Crippen molar-refractivity contribution >= 4 is 8.56 Å². The summed E-state index contributed by atoms with van der Waals surface area (Å²) in [5.74, 6) is 0. The molecule has 0 bridgehead atoms. The molecule has 0 aliphatic carbocycles. The highest BCUT2D eigenvalue weighted by Gasteiger charge is 2.79. The number of alkyl halides is 6. The highest BCUT2D eigenvalue weighted by atomic mass is 28.4. The minimum absolute atomic E-state index is 0.415. The smallest absolute Gasteiger partial charge is 0.387 e. The molecule has 0 amide bonds. The first-order chi connectivity index (χ1) is 8.51. The van der Waals surface area contributed by atoms with Crippen molar-refractivity contribution in [2.75, 3.05) is 13.2 Å². The van der Waals surface area contributed by atoms with Gasteiger partial charge in [-0.3, -0.25) is 0 Å². The van der Waals surface area contributed by atoms with E-state index in [1.807, 2.05) is 0 Å². The maximum Gasteiger partial charge on any atom is 0.493 e. The molecule has 0 aromatic rings. The van der Waals surface area contributed by atoms with Gasteiger partial charge in [-0.05, 0) is 27.7 Å². The highest BCUT2D eigenvalue weighted by molar-refractivity contribution is 6.72. The molecule has 2 nitrogen and oxygen atoms in total. The topological polar surface area (TPSA) is 18.5 Å². The van der Waals surface area contributed by atoms with Crippen molar-refractivity contribution in [1.82, 2.24) is 0 Å². The second-order valence-electron chi connectivity index (χ2n) is 3.96. The minimum Gasteiger partial charge on any atom is -0.387 e. The molecule has 0 aromatic carbocycles. The summed E-state index contributed by atoms with van der Waals surface area (Å²) in [6.45, 7) is 2.07. The van der Waals surface area contributed by atoms with Crippen LogP contribution in [0.4, 0.5) is 26.3 Å². The molecule has 0 aromatic heterocycles. The second kappa shape index (κ2) is 6.44. The van der Waals surface area contributed by atoms with Crippen LogP contribution in [-0.2, 0) is 8.85 Å². The Morgan fingerprint density at radius 2 is 1.11 bits per heavy atom. The van der Waals surface area contributed by atoms with Crippen molar-refractivity contribution in [3.05, 3.63) is 0 Å². The molecule has 0 fully saturated rings. The number of halogens is 6. The van der Waals surface area contributed by atoms with Gasteiger partial charge in [0.25, 0.3) is 0 Å². The lowest BCUT2D eigenvalue weighted by Gasteiger charge is -2.41. The van der Waals surface area contributed by atoms with E-state index in [1.165, 1.54) is 13.8 Å². The van der Waals surface area contributed by atoms with Crippen molar-refractivity contribution in [2.24, 2.45) is 0 Å². The van der Waals surface area contributed by atoms with Crippen LogP contribution in [0.25, 0.3) is 0 Å². The summed E-state index contributed by atoms with van der Waals surface area (Å²) in [5.41, 5.74) is -9.16. The Hall–Kier alpha value is -0.283. The van der Waals surface area contributed by atoms with Crippen molar-refractivity contribution < 1.29 is 35.2 Å². The van der Waals surface area contributed by atoms with Crippen molar-refractivity contribution in [1.29, 1.82) is 0 Å². The largest absolute Gasteiger partial charge is 0.493 e. The summed E-state index contributed by atoms with van der Waals surface area (Å²) in [6, 6.07) is 0. The molecule has 2 atom stereocenters. The van der Waals surface area contributed by atoms with E-state index in [2.05, 4.69) is 8.85 Å². The Labute approximate surface area is 109 Å². The summed E-state index contributed by atoms with van der Waals surface area (Å²) < 4.78 is 90.6. The van der Waals surface area contributed by atoms with Gasteiger partial charge in [-0.1, -0.05) is 0 Å². The molecular formula is C10H18F6O2Si. The molecule has 0 spiro atoms. The zero-order valence-electron chi connectivity index (χ0n) is 11.2. The lowest BCUT2D eigenvalue weighted by Crippen LogP contribution is -2.74. The molecule has 19 heavy (non-hydrogen) atoms. The van der Waals surface area contributed by atoms with Crippen LogP contribution >= 0.6 is 0 Å². The van der Waals surface area contributed by atoms with Gasteiger partial charge in [-0.15, -0.1) is 0 Å². The van der Waals surface area contributed by atoms with E-state index in [1.54, 1.807) is 0 Å². The van der Waals surface area contributed by atoms with E-state index in [0.29, 0.717) is 13.8 Å². The Morgan fingerprint density at radius 3 is 1.26 bits per heavy atom. The zero-order valence-corrected chi connectivity index (χ0v) is 12.2. The van der Waals surface area contributed by atoms with Gasteiger partial charge in [0, 0.05) is 13.2 Å². The predicted octanol–water partition coefficient (Wildman–Crippen LogP) is 3.57. The van der Waals surface area contributed by atoms with Gasteiger partial charge in [0.2, 0.25) is 0 Å². The van der Waals surface area contributed by atoms with Crippen LogP contribution in [0.3, 0.4) is 0 Å². The van der Waals surface area contributed by atoms with Crippen molar-refractivity contribution in [3.8, 4) is 0 Å². The molecule has 0 aliphatic rings. The third-order valence-electron chi connectivity index (χ3n) is 2.57. The molecule has 0 heterocycles. The normalized spacial score (nSPS) is 17.4. The third kappa shape index (κ3) is 3.08. The molecule has 0 aliphatic heterocycles. The molecule has 116 valence electrons. The molecule has 2 unspecified atom stereocenters. The van der Waals surface area contributed by atoms with Crippen molar-refractivity contribution in [3.63, 3.8) is 0 Å². The fraction of sp³-hybridized carbons (Fsp3) is 1.00. The Morgan fingerprint density at radius 1 is 0.842 bits per heavy atom. The Kier molecular flexibility index (Phi) is 6.35. The average molecular weight is 312 g/mol. The van der Waals surface area contributed by atoms with E-state index in [0.717, 1.165) is 0 Å². The van der Waals surface area contributed by atoms with Gasteiger partial charge in [0.05, 0.1) is 0 Å². The summed E-state index contributed by atoms with van der Waals surface area (Å²) >= 11 is 0. The van der Waals surface area contributed by atoms with Crippen LogP contribution in [0.15, 0.2) is 0 Å². The first-order valence-electron chi connectivity index (χ1n) is 5.82. The van der Waals surface area contributed by atoms with E-state index in [9.17, 15) is 26.3 Å². The fourth-order valence-electron chi connectivity index (χ4n) is 1.58. The Balaban J connectivity index is 5.95. The summed E-state index contributed by atoms with van der Waals surface area (Å²) in [4.78, 5) is 0. The van der Waals surface area contributed by atoms with Crippen LogP contribution in [0.5, 0.6) is 0 Å². The second-order valence-corrected chi connectivity index (χ2v) is 7.10. The average Bonchev–Trinajstić information content (AvgIpc) is 2.27. The highest BCUT2D eigenvalue weighted by Crippen LogP contribution is 2.45. The summed E-state index contributed by atoms with van der Waals surface area (Å²) in [5, 5.41) is 0. The third-order valence-corrected chi connectivity index (χ3v) is 6.51. The molecule has 0 saturated carbocycles. The van der Waals surface area contributed by atoms with Crippen LogP contribution in [-0.4, -0.2) is 45.2 Å². The van der Waals surface area contributed by atoms with Crippen LogP contribution in [0, 0.1) is 0 Å². The Bertz CT molecular complexity index is 257. The maximum atomic E-state index is 13.9. The van der Waals surface area contributed by atoms with Gasteiger partial charge < -0.3 is 8.85 Å². The first-order valence-corrected chi connectivity index (χ1v) is 7.64. The predicted molar refractivity (Wildman–Crippen MR) is 60.0 cm³/mol. The van der Waals surface area contributed by atoms with Gasteiger partial charge in [-0.25, -0.2) is 26.3 Å². The van der Waals surface area contributed by atoms with E-state index < -0.39 is 45.2 Å². The van der Waals surface area contributed by atoms with Gasteiger partial charge in [0.1, 0.15) is 0 Å². The van der Waals surface area contributed by atoms with E-state index in [-0.39, 0.29) is 0 Å². The molecule has 0 N–H and O–H groups in total. The summed E-state index contributed by atoms with van der Waals surface area (Å²) in [6.07, 6.45) is -5.89. The maximum absolute atomic E-state index is 13.9. The molecule has 9 heteroatoms. The van der Waals surface area contributed by atoms with Gasteiger partial charge in [0.15, 0.2) is 12.3 Å². The monoisotopic (exact) mass is 312 g/mol. The number of hydrogen-bond donors (Lipinski definition) is 0. The fourth-order valence-corrected chi connectivity index (χ4v) is 4.74. The minimum atomic E-state index is -5.79. The summed E-state index contributed by atoms with van der Waals surface area (Å²) in [7, 11) is -5.79. The molecule has 0 rings (SSSR count). The standard InChI is InChI=1S/C10H18F6O2Si/c1-5-17-19(18-6-2,9(13,14)7(3)11)10(15,16)8(4)12/h7-8H,5-6H2,1-4H3. The number of rotatable bonds is 8. The van der Waals surface area contributed by atoms with Crippen LogP contribution < -0.4 is 0 Å². The van der Waals surface area contributed by atoms with Crippen molar-refractivity contribution in [2.45, 2.75) is 51.1 Å².